The molecule has 0 aliphatic heterocycles. The molecule has 19 heavy (non-hydrogen) atoms. The van der Waals surface area contributed by atoms with E-state index in [1.165, 1.54) is 4.57 Å². The zero-order valence-electron chi connectivity index (χ0n) is 10.8. The van der Waals surface area contributed by atoms with E-state index in [2.05, 4.69) is 10.1 Å². The van der Waals surface area contributed by atoms with E-state index in [4.69, 9.17) is 9.63 Å². The highest BCUT2D eigenvalue weighted by Gasteiger charge is 2.17. The minimum atomic E-state index is -0.977. The molecule has 7 nitrogen and oxygen atoms in total. The first-order valence-electron chi connectivity index (χ1n) is 5.64. The summed E-state index contributed by atoms with van der Waals surface area (Å²) in [6, 6.07) is 1.59. The second-order valence-corrected chi connectivity index (χ2v) is 4.25. The van der Waals surface area contributed by atoms with Gasteiger partial charge in [0.1, 0.15) is 5.76 Å². The van der Waals surface area contributed by atoms with Gasteiger partial charge in [0.2, 0.25) is 0 Å². The third kappa shape index (κ3) is 2.40. The summed E-state index contributed by atoms with van der Waals surface area (Å²) in [5, 5.41) is 12.7. The number of hydrogen-bond acceptors (Lipinski definition) is 5. The summed E-state index contributed by atoms with van der Waals surface area (Å²) < 4.78 is 6.18. The smallest absolute Gasteiger partial charge is 0.353 e. The van der Waals surface area contributed by atoms with Crippen LogP contribution in [0.4, 0.5) is 0 Å². The summed E-state index contributed by atoms with van der Waals surface area (Å²) in [7, 11) is 0. The number of aliphatic carboxylic acids is 1. The molecule has 7 heteroatoms. The van der Waals surface area contributed by atoms with Crippen molar-refractivity contribution >= 4 is 5.97 Å². The first-order valence-corrected chi connectivity index (χ1v) is 5.64. The van der Waals surface area contributed by atoms with E-state index in [0.717, 1.165) is 0 Å². The molecule has 0 radical (unpaired) electrons. The average Bonchev–Trinajstić information content (AvgIpc) is 2.70. The maximum Gasteiger partial charge on any atom is 0.353 e. The SMILES string of the molecule is Cc1cc(-n2c(C)c(CC(=O)O)c(C)nc2=O)no1. The van der Waals surface area contributed by atoms with E-state index >= 15 is 0 Å². The van der Waals surface area contributed by atoms with Crippen LogP contribution in [0.25, 0.3) is 5.82 Å². The third-order valence-corrected chi connectivity index (χ3v) is 2.84. The Hall–Kier alpha value is -2.44. The van der Waals surface area contributed by atoms with Crippen LogP contribution in [0, 0.1) is 20.8 Å². The number of rotatable bonds is 3. The van der Waals surface area contributed by atoms with Gasteiger partial charge in [-0.15, -0.1) is 0 Å². The maximum atomic E-state index is 11.9. The molecule has 0 aromatic carbocycles. The molecule has 1 N–H and O–H groups in total. The van der Waals surface area contributed by atoms with Crippen LogP contribution in [0.3, 0.4) is 0 Å². The van der Waals surface area contributed by atoms with Crippen LogP contribution >= 0.6 is 0 Å². The lowest BCUT2D eigenvalue weighted by Gasteiger charge is -2.11. The summed E-state index contributed by atoms with van der Waals surface area (Å²) in [5.41, 5.74) is 0.930. The standard InChI is InChI=1S/C12H13N3O4/c1-6-4-10(14-19-6)15-8(3)9(5-11(16)17)7(2)13-12(15)18/h4H,5H2,1-3H3,(H,16,17). The maximum absolute atomic E-state index is 11.9. The van der Waals surface area contributed by atoms with Crippen molar-refractivity contribution in [3.8, 4) is 5.82 Å². The molecule has 0 aliphatic carbocycles. The number of aromatic nitrogens is 3. The number of carbonyl (C=O) groups is 1. The Labute approximate surface area is 108 Å². The van der Waals surface area contributed by atoms with Crippen molar-refractivity contribution in [3.63, 3.8) is 0 Å². The van der Waals surface area contributed by atoms with Crippen molar-refractivity contribution in [1.82, 2.24) is 14.7 Å². The molecule has 0 bridgehead atoms. The minimum absolute atomic E-state index is 0.193. The highest BCUT2D eigenvalue weighted by atomic mass is 16.5. The van der Waals surface area contributed by atoms with Gasteiger partial charge in [0.15, 0.2) is 5.82 Å². The number of nitrogens with zero attached hydrogens (tertiary/aromatic N) is 3. The van der Waals surface area contributed by atoms with Gasteiger partial charge >= 0.3 is 11.7 Å². The molecule has 100 valence electrons. The number of carboxylic acids is 1. The van der Waals surface area contributed by atoms with Crippen molar-refractivity contribution in [1.29, 1.82) is 0 Å². The van der Waals surface area contributed by atoms with Gasteiger partial charge in [-0.2, -0.15) is 4.98 Å². The van der Waals surface area contributed by atoms with Crippen molar-refractivity contribution < 1.29 is 14.4 Å². The Bertz CT molecular complexity index is 699. The van der Waals surface area contributed by atoms with Gasteiger partial charge in [0.05, 0.1) is 6.42 Å². The predicted molar refractivity (Wildman–Crippen MR) is 65.4 cm³/mol. The Balaban J connectivity index is 2.68. The Morgan fingerprint density at radius 2 is 2.11 bits per heavy atom. The van der Waals surface area contributed by atoms with Crippen LogP contribution in [0.2, 0.25) is 0 Å². The van der Waals surface area contributed by atoms with E-state index in [0.29, 0.717) is 28.5 Å². The molecule has 0 fully saturated rings. The Kier molecular flexibility index (Phi) is 3.20. The molecule has 0 aliphatic rings. The van der Waals surface area contributed by atoms with Gasteiger partial charge in [-0.25, -0.2) is 9.36 Å². The fourth-order valence-electron chi connectivity index (χ4n) is 1.94. The summed E-state index contributed by atoms with van der Waals surface area (Å²) >= 11 is 0. The van der Waals surface area contributed by atoms with Crippen LogP contribution < -0.4 is 5.69 Å². The van der Waals surface area contributed by atoms with E-state index in [9.17, 15) is 9.59 Å². The second kappa shape index (κ2) is 4.68. The van der Waals surface area contributed by atoms with E-state index < -0.39 is 11.7 Å². The van der Waals surface area contributed by atoms with Crippen molar-refractivity contribution in [3.05, 3.63) is 39.3 Å². The first-order chi connectivity index (χ1) is 8.90. The van der Waals surface area contributed by atoms with E-state index in [-0.39, 0.29) is 6.42 Å². The zero-order valence-corrected chi connectivity index (χ0v) is 10.8. The molecule has 0 saturated carbocycles. The van der Waals surface area contributed by atoms with Crippen LogP contribution in [0.15, 0.2) is 15.4 Å². The van der Waals surface area contributed by atoms with Gasteiger partial charge in [-0.05, 0) is 20.8 Å². The molecular formula is C12H13N3O4. The van der Waals surface area contributed by atoms with E-state index in [1.807, 2.05) is 0 Å². The van der Waals surface area contributed by atoms with Crippen LogP contribution in [0.1, 0.15) is 22.7 Å². The number of hydrogen-bond donors (Lipinski definition) is 1. The Morgan fingerprint density at radius 3 is 2.63 bits per heavy atom. The molecular weight excluding hydrogens is 250 g/mol. The monoisotopic (exact) mass is 263 g/mol. The van der Waals surface area contributed by atoms with Crippen molar-refractivity contribution in [2.45, 2.75) is 27.2 Å². The van der Waals surface area contributed by atoms with Crippen molar-refractivity contribution in [2.24, 2.45) is 0 Å². The molecule has 2 rings (SSSR count). The fourth-order valence-corrected chi connectivity index (χ4v) is 1.94. The number of carboxylic acid groups (broad SMARTS) is 1. The normalized spacial score (nSPS) is 10.7. The van der Waals surface area contributed by atoms with Gasteiger partial charge in [0.25, 0.3) is 0 Å². The summed E-state index contributed by atoms with van der Waals surface area (Å²) in [5.74, 6) is -0.115. The highest BCUT2D eigenvalue weighted by Crippen LogP contribution is 2.14. The first kappa shape index (κ1) is 13.0. The molecule has 0 unspecified atom stereocenters. The van der Waals surface area contributed by atoms with Crippen LogP contribution in [0.5, 0.6) is 0 Å². The second-order valence-electron chi connectivity index (χ2n) is 4.25. The summed E-state index contributed by atoms with van der Waals surface area (Å²) in [6.45, 7) is 4.99. The van der Waals surface area contributed by atoms with Crippen LogP contribution in [-0.4, -0.2) is 25.8 Å². The summed E-state index contributed by atoms with van der Waals surface area (Å²) in [4.78, 5) is 26.6. The quantitative estimate of drug-likeness (QED) is 0.878. The largest absolute Gasteiger partial charge is 0.481 e. The summed E-state index contributed by atoms with van der Waals surface area (Å²) in [6.07, 6.45) is -0.193. The lowest BCUT2D eigenvalue weighted by atomic mass is 10.1. The topological polar surface area (TPSA) is 98.2 Å². The van der Waals surface area contributed by atoms with Crippen molar-refractivity contribution in [2.75, 3.05) is 0 Å². The van der Waals surface area contributed by atoms with E-state index in [1.54, 1.807) is 26.8 Å². The molecule has 2 heterocycles. The molecule has 0 spiro atoms. The van der Waals surface area contributed by atoms with Gasteiger partial charge < -0.3 is 9.63 Å². The molecule has 2 aromatic rings. The molecule has 0 saturated heterocycles. The van der Waals surface area contributed by atoms with Gasteiger partial charge in [-0.1, -0.05) is 5.16 Å². The highest BCUT2D eigenvalue weighted by molar-refractivity contribution is 5.71. The minimum Gasteiger partial charge on any atom is -0.481 e. The van der Waals surface area contributed by atoms with Gasteiger partial charge in [-0.3, -0.25) is 4.79 Å². The lowest BCUT2D eigenvalue weighted by Crippen LogP contribution is -2.27. The lowest BCUT2D eigenvalue weighted by molar-refractivity contribution is -0.136. The van der Waals surface area contributed by atoms with Crippen LogP contribution in [-0.2, 0) is 11.2 Å². The Morgan fingerprint density at radius 1 is 1.42 bits per heavy atom. The zero-order chi connectivity index (χ0) is 14.2. The number of aryl methyl sites for hydroxylation is 2. The fraction of sp³-hybridized carbons (Fsp3) is 0.333. The average molecular weight is 263 g/mol. The van der Waals surface area contributed by atoms with Gasteiger partial charge in [0, 0.05) is 23.0 Å². The predicted octanol–water partition coefficient (Wildman–Crippen LogP) is 0.773. The molecule has 2 aromatic heterocycles. The molecule has 0 amide bonds. The third-order valence-electron chi connectivity index (χ3n) is 2.84. The molecule has 0 atom stereocenters.